The van der Waals surface area contributed by atoms with Gasteiger partial charge in [0.25, 0.3) is 0 Å². The van der Waals surface area contributed by atoms with Gasteiger partial charge in [0, 0.05) is 16.3 Å². The fourth-order valence-corrected chi connectivity index (χ4v) is 4.51. The third-order valence-electron chi connectivity index (χ3n) is 6.15. The lowest BCUT2D eigenvalue weighted by molar-refractivity contribution is 0.0690. The number of aromatic nitrogens is 1. The predicted molar refractivity (Wildman–Crippen MR) is 133 cm³/mol. The van der Waals surface area contributed by atoms with Crippen molar-refractivity contribution in [2.45, 2.75) is 19.8 Å². The summed E-state index contributed by atoms with van der Waals surface area (Å²) in [6, 6.07) is 28.5. The van der Waals surface area contributed by atoms with Crippen molar-refractivity contribution in [1.82, 2.24) is 4.98 Å². The van der Waals surface area contributed by atoms with Gasteiger partial charge < -0.3 is 14.8 Å². The molecule has 0 aliphatic carbocycles. The summed E-state index contributed by atoms with van der Waals surface area (Å²) in [5.74, 6) is -0.0815. The molecule has 0 saturated carbocycles. The van der Waals surface area contributed by atoms with Gasteiger partial charge in [0.15, 0.2) is 0 Å². The Hall–Kier alpha value is -4.05. The van der Waals surface area contributed by atoms with Crippen molar-refractivity contribution in [2.24, 2.45) is 0 Å². The number of fused-ring (bicyclic) bond motifs is 2. The number of carboxylic acids is 1. The van der Waals surface area contributed by atoms with Gasteiger partial charge in [-0.2, -0.15) is 0 Å². The number of rotatable bonds is 7. The van der Waals surface area contributed by atoms with Gasteiger partial charge in [0.05, 0.1) is 6.61 Å². The van der Waals surface area contributed by atoms with Crippen molar-refractivity contribution in [3.8, 4) is 16.9 Å². The summed E-state index contributed by atoms with van der Waals surface area (Å²) in [6.45, 7) is 2.60. The van der Waals surface area contributed by atoms with Crippen molar-refractivity contribution < 1.29 is 14.6 Å². The summed E-state index contributed by atoms with van der Waals surface area (Å²) in [5, 5.41) is 13.0. The highest BCUT2D eigenvalue weighted by Gasteiger charge is 2.17. The molecule has 0 spiro atoms. The lowest BCUT2D eigenvalue weighted by Crippen LogP contribution is -2.04. The number of H-pyrrole nitrogens is 1. The molecule has 0 bridgehead atoms. The largest absolute Gasteiger partial charge is 0.493 e. The summed E-state index contributed by atoms with van der Waals surface area (Å²) < 4.78 is 6.06. The lowest BCUT2D eigenvalue weighted by atomic mass is 9.98. The zero-order chi connectivity index (χ0) is 22.8. The minimum Gasteiger partial charge on any atom is -0.493 e. The van der Waals surface area contributed by atoms with Crippen LogP contribution in [0.15, 0.2) is 84.9 Å². The summed E-state index contributed by atoms with van der Waals surface area (Å²) >= 11 is 0. The van der Waals surface area contributed by atoms with Gasteiger partial charge in [-0.3, -0.25) is 0 Å². The summed E-state index contributed by atoms with van der Waals surface area (Å²) in [4.78, 5) is 15.1. The Morgan fingerprint density at radius 1 is 0.909 bits per heavy atom. The van der Waals surface area contributed by atoms with Gasteiger partial charge in [-0.1, -0.05) is 72.8 Å². The maximum atomic E-state index is 11.9. The molecular formula is C29H25NO3. The van der Waals surface area contributed by atoms with E-state index < -0.39 is 5.97 Å². The first-order valence-electron chi connectivity index (χ1n) is 11.2. The van der Waals surface area contributed by atoms with Crippen LogP contribution in [0.5, 0.6) is 5.75 Å². The van der Waals surface area contributed by atoms with Crippen LogP contribution in [0.3, 0.4) is 0 Å². The number of aromatic amines is 1. The van der Waals surface area contributed by atoms with E-state index >= 15 is 0 Å². The first-order valence-corrected chi connectivity index (χ1v) is 11.2. The molecule has 0 aliphatic heterocycles. The first kappa shape index (κ1) is 20.8. The second-order valence-corrected chi connectivity index (χ2v) is 8.29. The van der Waals surface area contributed by atoms with Gasteiger partial charge >= 0.3 is 5.97 Å². The maximum absolute atomic E-state index is 11.9. The molecule has 0 radical (unpaired) electrons. The lowest BCUT2D eigenvalue weighted by Gasteiger charge is -2.09. The topological polar surface area (TPSA) is 62.3 Å². The Balaban J connectivity index is 1.37. The Morgan fingerprint density at radius 2 is 1.70 bits per heavy atom. The number of hydrogen-bond acceptors (Lipinski definition) is 2. The molecule has 164 valence electrons. The molecule has 4 nitrogen and oxygen atoms in total. The van der Waals surface area contributed by atoms with E-state index in [4.69, 9.17) is 4.74 Å². The number of ether oxygens (including phenoxy) is 1. The van der Waals surface area contributed by atoms with E-state index in [0.717, 1.165) is 50.5 Å². The maximum Gasteiger partial charge on any atom is 0.352 e. The van der Waals surface area contributed by atoms with Crippen LogP contribution >= 0.6 is 0 Å². The van der Waals surface area contributed by atoms with Crippen LogP contribution in [0.2, 0.25) is 0 Å². The first-order chi connectivity index (χ1) is 16.1. The molecule has 0 unspecified atom stereocenters. The highest BCUT2D eigenvalue weighted by Crippen LogP contribution is 2.31. The average Bonchev–Trinajstić information content (AvgIpc) is 3.20. The minimum atomic E-state index is -0.936. The standard InChI is InChI=1S/C29H25NO3/c1-19-8-2-4-11-22(19)21-15-16-24-25(28(29(31)32)30-26(24)18-21)13-7-17-33-27-14-6-10-20-9-3-5-12-23(20)27/h2-6,8-12,14-16,18,30H,7,13,17H2,1H3,(H,31,32). The van der Waals surface area contributed by atoms with E-state index in [1.807, 2.05) is 48.5 Å². The number of hydrogen-bond donors (Lipinski definition) is 2. The zero-order valence-corrected chi connectivity index (χ0v) is 18.5. The zero-order valence-electron chi connectivity index (χ0n) is 18.5. The monoisotopic (exact) mass is 435 g/mol. The quantitative estimate of drug-likeness (QED) is 0.270. The fraction of sp³-hybridized carbons (Fsp3) is 0.138. The molecule has 1 aromatic heterocycles. The molecule has 2 N–H and O–H groups in total. The third kappa shape index (κ3) is 4.08. The fourth-order valence-electron chi connectivity index (χ4n) is 4.51. The molecule has 5 rings (SSSR count). The van der Waals surface area contributed by atoms with Crippen molar-refractivity contribution in [1.29, 1.82) is 0 Å². The van der Waals surface area contributed by atoms with E-state index in [0.29, 0.717) is 13.0 Å². The van der Waals surface area contributed by atoms with E-state index in [1.165, 1.54) is 5.56 Å². The van der Waals surface area contributed by atoms with Crippen LogP contribution in [0.25, 0.3) is 32.8 Å². The Kier molecular flexibility index (Phi) is 5.57. The normalized spacial score (nSPS) is 11.2. The van der Waals surface area contributed by atoms with Gasteiger partial charge in [0.2, 0.25) is 0 Å². The van der Waals surface area contributed by atoms with Crippen LogP contribution in [-0.4, -0.2) is 22.7 Å². The molecule has 4 aromatic carbocycles. The molecule has 33 heavy (non-hydrogen) atoms. The number of carbonyl (C=O) groups is 1. The van der Waals surface area contributed by atoms with Gasteiger partial charge in [-0.25, -0.2) is 4.79 Å². The molecular weight excluding hydrogens is 410 g/mol. The predicted octanol–water partition coefficient (Wildman–Crippen LogP) is 7.01. The van der Waals surface area contributed by atoms with Crippen LogP contribution in [0.4, 0.5) is 0 Å². The second-order valence-electron chi connectivity index (χ2n) is 8.29. The molecule has 4 heteroatoms. The number of nitrogens with one attached hydrogen (secondary N) is 1. The van der Waals surface area contributed by atoms with E-state index in [-0.39, 0.29) is 5.69 Å². The van der Waals surface area contributed by atoms with Gasteiger partial charge in [-0.15, -0.1) is 0 Å². The summed E-state index contributed by atoms with van der Waals surface area (Å²) in [6.07, 6.45) is 1.34. The smallest absolute Gasteiger partial charge is 0.352 e. The third-order valence-corrected chi connectivity index (χ3v) is 6.15. The molecule has 1 heterocycles. The molecule has 0 amide bonds. The average molecular weight is 436 g/mol. The molecule has 0 atom stereocenters. The van der Waals surface area contributed by atoms with Crippen molar-refractivity contribution in [3.05, 3.63) is 102 Å². The van der Waals surface area contributed by atoms with Crippen LogP contribution < -0.4 is 4.74 Å². The summed E-state index contributed by atoms with van der Waals surface area (Å²) in [5.41, 5.74) is 5.35. The van der Waals surface area contributed by atoms with E-state index in [9.17, 15) is 9.90 Å². The number of aromatic carboxylic acids is 1. The molecule has 0 fully saturated rings. The van der Waals surface area contributed by atoms with E-state index in [2.05, 4.69) is 48.3 Å². The minimum absolute atomic E-state index is 0.261. The summed E-state index contributed by atoms with van der Waals surface area (Å²) in [7, 11) is 0. The SMILES string of the molecule is Cc1ccccc1-c1ccc2c(CCCOc3cccc4ccccc34)c(C(=O)O)[nH]c2c1. The van der Waals surface area contributed by atoms with Crippen LogP contribution in [0, 0.1) is 6.92 Å². The van der Waals surface area contributed by atoms with Gasteiger partial charge in [-0.05, 0) is 59.5 Å². The Labute approximate surface area is 192 Å². The van der Waals surface area contributed by atoms with Crippen molar-refractivity contribution in [2.75, 3.05) is 6.61 Å². The van der Waals surface area contributed by atoms with Crippen LogP contribution in [0.1, 0.15) is 28.0 Å². The van der Waals surface area contributed by atoms with Crippen molar-refractivity contribution >= 4 is 27.6 Å². The number of benzene rings is 4. The van der Waals surface area contributed by atoms with Crippen molar-refractivity contribution in [3.63, 3.8) is 0 Å². The highest BCUT2D eigenvalue weighted by molar-refractivity contribution is 5.98. The van der Waals surface area contributed by atoms with E-state index in [1.54, 1.807) is 0 Å². The molecule has 0 saturated heterocycles. The van der Waals surface area contributed by atoms with Gasteiger partial charge in [0.1, 0.15) is 11.4 Å². The Bertz CT molecular complexity index is 1460. The molecule has 5 aromatic rings. The Morgan fingerprint density at radius 3 is 2.55 bits per heavy atom. The molecule has 0 aliphatic rings. The van der Waals surface area contributed by atoms with Crippen LogP contribution in [-0.2, 0) is 6.42 Å². The second kappa shape index (κ2) is 8.83. The number of carboxylic acid groups (broad SMARTS) is 1. The highest BCUT2D eigenvalue weighted by atomic mass is 16.5. The number of aryl methyl sites for hydroxylation is 2.